The number of carbonyl (C=O) groups excluding carboxylic acids is 2. The molecule has 4 nitrogen and oxygen atoms in total. The fourth-order valence-electron chi connectivity index (χ4n) is 5.48. The van der Waals surface area contributed by atoms with Crippen molar-refractivity contribution in [3.8, 4) is 0 Å². The molecule has 1 heterocycles. The Morgan fingerprint density at radius 3 is 1.81 bits per heavy atom. The van der Waals surface area contributed by atoms with E-state index in [0.29, 0.717) is 12.0 Å². The molecule has 3 aromatic rings. The molecule has 1 N–H and O–H groups in total. The number of hydrogen-bond acceptors (Lipinski definition) is 4. The highest BCUT2D eigenvalue weighted by atomic mass is 16.3. The van der Waals surface area contributed by atoms with Gasteiger partial charge in [-0.25, -0.2) is 0 Å². The van der Waals surface area contributed by atoms with Crippen molar-refractivity contribution in [1.82, 2.24) is 4.90 Å². The lowest BCUT2D eigenvalue weighted by Crippen LogP contribution is -2.44. The van der Waals surface area contributed by atoms with Gasteiger partial charge in [-0.1, -0.05) is 84.9 Å². The predicted octanol–water partition coefficient (Wildman–Crippen LogP) is 6.16. The van der Waals surface area contributed by atoms with Gasteiger partial charge in [0.25, 0.3) is 0 Å². The van der Waals surface area contributed by atoms with Crippen LogP contribution in [-0.4, -0.2) is 41.2 Å². The van der Waals surface area contributed by atoms with Crippen LogP contribution >= 0.6 is 0 Å². The summed E-state index contributed by atoms with van der Waals surface area (Å²) in [5, 5.41) is 12.1. The second-order valence-electron chi connectivity index (χ2n) is 10.9. The predicted molar refractivity (Wildman–Crippen MR) is 149 cm³/mol. The summed E-state index contributed by atoms with van der Waals surface area (Å²) in [4.78, 5) is 27.1. The largest absolute Gasteiger partial charge is 0.380 e. The van der Waals surface area contributed by atoms with Crippen molar-refractivity contribution in [3.05, 3.63) is 107 Å². The van der Waals surface area contributed by atoms with Gasteiger partial charge in [-0.2, -0.15) is 0 Å². The summed E-state index contributed by atoms with van der Waals surface area (Å²) in [6, 6.07) is 27.6. The first kappa shape index (κ1) is 27.0. The maximum Gasteiger partial charge on any atom is 0.162 e. The average molecular weight is 498 g/mol. The number of Topliss-reactive ketones (excluding diaryl/α,β-unsaturated/α-hetero) is 2. The lowest BCUT2D eigenvalue weighted by molar-refractivity contribution is -0.121. The highest BCUT2D eigenvalue weighted by Crippen LogP contribution is 2.41. The molecule has 4 heteroatoms. The van der Waals surface area contributed by atoms with Crippen LogP contribution in [-0.2, 0) is 15.8 Å². The minimum absolute atomic E-state index is 0.112. The standard InChI is InChI=1S/C33H39NO3/c1-25(35)32(2,3)27-18-16-26(17-19-27)31(36)15-10-22-34-23-20-30(21-24-34)33(37,28-11-6-4-7-12-28)29-13-8-5-9-14-29/h4-9,11-14,16-19,30,37H,10,15,20-24H2,1-3H3. The summed E-state index contributed by atoms with van der Waals surface area (Å²) in [7, 11) is 0. The Kier molecular flexibility index (Phi) is 8.41. The van der Waals surface area contributed by atoms with Crippen LogP contribution in [0.4, 0.5) is 0 Å². The third-order valence-corrected chi connectivity index (χ3v) is 8.29. The molecule has 1 saturated heterocycles. The Hall–Kier alpha value is -3.08. The third-order valence-electron chi connectivity index (χ3n) is 8.29. The Bertz CT molecular complexity index is 1140. The molecule has 4 rings (SSSR count). The Labute approximate surface area is 221 Å². The van der Waals surface area contributed by atoms with Crippen molar-refractivity contribution >= 4 is 11.6 Å². The number of rotatable bonds is 10. The molecule has 0 unspecified atom stereocenters. The Balaban J connectivity index is 1.32. The topological polar surface area (TPSA) is 57.6 Å². The smallest absolute Gasteiger partial charge is 0.162 e. The molecule has 37 heavy (non-hydrogen) atoms. The zero-order valence-electron chi connectivity index (χ0n) is 22.3. The van der Waals surface area contributed by atoms with E-state index >= 15 is 0 Å². The fraction of sp³-hybridized carbons (Fsp3) is 0.394. The molecule has 0 aromatic heterocycles. The summed E-state index contributed by atoms with van der Waals surface area (Å²) in [6.07, 6.45) is 3.13. The number of ketones is 2. The van der Waals surface area contributed by atoms with Gasteiger partial charge in [0.05, 0.1) is 0 Å². The van der Waals surface area contributed by atoms with Gasteiger partial charge in [-0.15, -0.1) is 0 Å². The molecule has 3 aromatic carbocycles. The SMILES string of the molecule is CC(=O)C(C)(C)c1ccc(C(=O)CCCN2CCC(C(O)(c3ccccc3)c3ccccc3)CC2)cc1. The molecule has 0 amide bonds. The maximum atomic E-state index is 12.8. The van der Waals surface area contributed by atoms with E-state index in [2.05, 4.69) is 4.90 Å². The van der Waals surface area contributed by atoms with Crippen molar-refractivity contribution in [3.63, 3.8) is 0 Å². The minimum atomic E-state index is -1.01. The van der Waals surface area contributed by atoms with Gasteiger partial charge in [0, 0.05) is 17.4 Å². The summed E-state index contributed by atoms with van der Waals surface area (Å²) in [5.74, 6) is 0.388. The van der Waals surface area contributed by atoms with Crippen LogP contribution in [0.15, 0.2) is 84.9 Å². The van der Waals surface area contributed by atoms with Crippen LogP contribution in [0.25, 0.3) is 0 Å². The number of carbonyl (C=O) groups is 2. The summed E-state index contributed by atoms with van der Waals surface area (Å²) in [6.45, 7) is 8.13. The third kappa shape index (κ3) is 5.92. The number of benzene rings is 3. The summed E-state index contributed by atoms with van der Waals surface area (Å²) < 4.78 is 0. The normalized spacial score (nSPS) is 15.5. The van der Waals surface area contributed by atoms with Crippen LogP contribution in [0.1, 0.15) is 73.5 Å². The second-order valence-corrected chi connectivity index (χ2v) is 10.9. The molecule has 1 aliphatic heterocycles. The maximum absolute atomic E-state index is 12.8. The quantitative estimate of drug-likeness (QED) is 0.341. The van der Waals surface area contributed by atoms with Gasteiger partial charge in [-0.05, 0) is 82.3 Å². The van der Waals surface area contributed by atoms with E-state index in [1.54, 1.807) is 6.92 Å². The fourth-order valence-corrected chi connectivity index (χ4v) is 5.48. The average Bonchev–Trinajstić information content (AvgIpc) is 2.94. The summed E-state index contributed by atoms with van der Waals surface area (Å²) in [5.41, 5.74) is 1.99. The van der Waals surface area contributed by atoms with Crippen LogP contribution < -0.4 is 0 Å². The zero-order valence-corrected chi connectivity index (χ0v) is 22.3. The Morgan fingerprint density at radius 1 is 0.811 bits per heavy atom. The Morgan fingerprint density at radius 2 is 1.32 bits per heavy atom. The van der Waals surface area contributed by atoms with Crippen molar-refractivity contribution in [2.75, 3.05) is 19.6 Å². The molecule has 1 aliphatic rings. The van der Waals surface area contributed by atoms with E-state index in [-0.39, 0.29) is 17.5 Å². The monoisotopic (exact) mass is 497 g/mol. The molecule has 0 bridgehead atoms. The van der Waals surface area contributed by atoms with Crippen molar-refractivity contribution in [2.45, 2.75) is 57.5 Å². The van der Waals surface area contributed by atoms with E-state index < -0.39 is 11.0 Å². The first-order chi connectivity index (χ1) is 17.7. The van der Waals surface area contributed by atoms with E-state index in [0.717, 1.165) is 55.6 Å². The molecule has 0 spiro atoms. The molecule has 0 saturated carbocycles. The molecule has 0 aliphatic carbocycles. The zero-order chi connectivity index (χ0) is 26.5. The number of piperidine rings is 1. The lowest BCUT2D eigenvalue weighted by atomic mass is 9.72. The van der Waals surface area contributed by atoms with E-state index in [9.17, 15) is 14.7 Å². The van der Waals surface area contributed by atoms with Gasteiger partial charge in [-0.3, -0.25) is 9.59 Å². The second kappa shape index (κ2) is 11.5. The van der Waals surface area contributed by atoms with Gasteiger partial charge in [0.15, 0.2) is 5.78 Å². The van der Waals surface area contributed by atoms with E-state index in [1.807, 2.05) is 98.8 Å². The van der Waals surface area contributed by atoms with Crippen molar-refractivity contribution < 1.29 is 14.7 Å². The number of likely N-dealkylation sites (tertiary alicyclic amines) is 1. The minimum Gasteiger partial charge on any atom is -0.380 e. The molecule has 194 valence electrons. The molecule has 1 fully saturated rings. The number of nitrogens with zero attached hydrogens (tertiary/aromatic N) is 1. The van der Waals surface area contributed by atoms with Gasteiger partial charge >= 0.3 is 0 Å². The number of aliphatic hydroxyl groups is 1. The van der Waals surface area contributed by atoms with Crippen molar-refractivity contribution in [1.29, 1.82) is 0 Å². The van der Waals surface area contributed by atoms with Gasteiger partial charge < -0.3 is 10.0 Å². The molecular weight excluding hydrogens is 458 g/mol. The van der Waals surface area contributed by atoms with Crippen molar-refractivity contribution in [2.24, 2.45) is 5.92 Å². The van der Waals surface area contributed by atoms with E-state index in [1.165, 1.54) is 0 Å². The van der Waals surface area contributed by atoms with Crippen LogP contribution in [0.3, 0.4) is 0 Å². The first-order valence-corrected chi connectivity index (χ1v) is 13.4. The highest BCUT2D eigenvalue weighted by Gasteiger charge is 2.41. The first-order valence-electron chi connectivity index (χ1n) is 13.4. The van der Waals surface area contributed by atoms with Crippen LogP contribution in [0, 0.1) is 5.92 Å². The summed E-state index contributed by atoms with van der Waals surface area (Å²) >= 11 is 0. The van der Waals surface area contributed by atoms with E-state index in [4.69, 9.17) is 0 Å². The lowest BCUT2D eigenvalue weighted by Gasteiger charge is -2.42. The molecular formula is C33H39NO3. The molecule has 0 radical (unpaired) electrons. The van der Waals surface area contributed by atoms with Gasteiger partial charge in [0.1, 0.15) is 11.4 Å². The highest BCUT2D eigenvalue weighted by molar-refractivity contribution is 5.96. The van der Waals surface area contributed by atoms with Gasteiger partial charge in [0.2, 0.25) is 0 Å². The molecule has 0 atom stereocenters. The number of hydrogen-bond donors (Lipinski definition) is 1. The van der Waals surface area contributed by atoms with Crippen LogP contribution in [0.2, 0.25) is 0 Å². The van der Waals surface area contributed by atoms with Crippen LogP contribution in [0.5, 0.6) is 0 Å².